The minimum Gasteiger partial charge on any atom is -0.329 e. The molecule has 0 aliphatic carbocycles. The zero-order valence-corrected chi connectivity index (χ0v) is 10.6. The maximum atomic E-state index is 11.6. The Morgan fingerprint density at radius 3 is 2.20 bits per heavy atom. The van der Waals surface area contributed by atoms with Crippen LogP contribution >= 0.6 is 0 Å². The van der Waals surface area contributed by atoms with Crippen molar-refractivity contribution in [2.75, 3.05) is 18.1 Å². The van der Waals surface area contributed by atoms with Gasteiger partial charge in [-0.15, -0.1) is 0 Å². The fourth-order valence-electron chi connectivity index (χ4n) is 1.11. The van der Waals surface area contributed by atoms with Gasteiger partial charge in [0.15, 0.2) is 9.84 Å². The van der Waals surface area contributed by atoms with Crippen molar-refractivity contribution in [2.45, 2.75) is 33.6 Å². The number of nitrogens with two attached hydrogens (primary N) is 1. The van der Waals surface area contributed by atoms with E-state index in [0.29, 0.717) is 6.42 Å². The summed E-state index contributed by atoms with van der Waals surface area (Å²) in [4.78, 5) is 11.6. The second-order valence-corrected chi connectivity index (χ2v) is 6.72. The van der Waals surface area contributed by atoms with E-state index in [-0.39, 0.29) is 30.3 Å². The van der Waals surface area contributed by atoms with Gasteiger partial charge in [-0.25, -0.2) is 8.42 Å². The van der Waals surface area contributed by atoms with Gasteiger partial charge in [0, 0.05) is 24.1 Å². The van der Waals surface area contributed by atoms with Crippen LogP contribution < -0.4 is 5.73 Å². The molecule has 0 aliphatic heterocycles. The molecule has 0 amide bonds. The Bertz CT molecular complexity index is 307. The van der Waals surface area contributed by atoms with Gasteiger partial charge < -0.3 is 5.73 Å². The number of Topliss-reactive ketones (excluding diaryl/α,β-unsaturated/α-hetero) is 1. The van der Waals surface area contributed by atoms with Gasteiger partial charge in [0.25, 0.3) is 0 Å². The molecule has 0 heterocycles. The smallest absolute Gasteiger partial charge is 0.150 e. The van der Waals surface area contributed by atoms with Crippen LogP contribution in [0.15, 0.2) is 0 Å². The number of carbonyl (C=O) groups excluding carboxylic acids is 1. The summed E-state index contributed by atoms with van der Waals surface area (Å²) in [5, 5.41) is 0. The summed E-state index contributed by atoms with van der Waals surface area (Å²) < 4.78 is 22.7. The molecule has 0 bridgehead atoms. The first-order valence-electron chi connectivity index (χ1n) is 5.19. The summed E-state index contributed by atoms with van der Waals surface area (Å²) in [6.45, 7) is 5.53. The predicted molar refractivity (Wildman–Crippen MR) is 61.4 cm³/mol. The molecule has 0 aromatic rings. The van der Waals surface area contributed by atoms with Crippen molar-refractivity contribution < 1.29 is 13.2 Å². The third kappa shape index (κ3) is 5.28. The van der Waals surface area contributed by atoms with E-state index in [9.17, 15) is 13.2 Å². The highest BCUT2D eigenvalue weighted by Gasteiger charge is 2.26. The van der Waals surface area contributed by atoms with E-state index < -0.39 is 15.3 Å². The molecule has 0 aromatic carbocycles. The molecule has 0 aromatic heterocycles. The minimum atomic E-state index is -3.06. The molecule has 0 saturated carbocycles. The quantitative estimate of drug-likeness (QED) is 0.706. The molecule has 15 heavy (non-hydrogen) atoms. The first-order chi connectivity index (χ1) is 6.75. The summed E-state index contributed by atoms with van der Waals surface area (Å²) >= 11 is 0. The van der Waals surface area contributed by atoms with Crippen molar-refractivity contribution in [3.8, 4) is 0 Å². The first kappa shape index (κ1) is 14.6. The molecule has 0 aliphatic rings. The number of hydrogen-bond donors (Lipinski definition) is 1. The van der Waals surface area contributed by atoms with Gasteiger partial charge >= 0.3 is 0 Å². The monoisotopic (exact) mass is 235 g/mol. The predicted octanol–water partition coefficient (Wildman–Crippen LogP) is 0.755. The Morgan fingerprint density at radius 2 is 1.80 bits per heavy atom. The second-order valence-electron chi connectivity index (χ2n) is 4.41. The first-order valence-corrected chi connectivity index (χ1v) is 7.01. The summed E-state index contributed by atoms with van der Waals surface area (Å²) in [6.07, 6.45) is 0.670. The van der Waals surface area contributed by atoms with E-state index in [1.807, 2.05) is 6.92 Å². The van der Waals surface area contributed by atoms with Crippen molar-refractivity contribution in [1.29, 1.82) is 0 Å². The molecule has 0 radical (unpaired) electrons. The van der Waals surface area contributed by atoms with E-state index in [1.54, 1.807) is 13.8 Å². The third-order valence-electron chi connectivity index (χ3n) is 2.42. The molecule has 0 saturated heterocycles. The van der Waals surface area contributed by atoms with Crippen molar-refractivity contribution >= 4 is 15.6 Å². The van der Waals surface area contributed by atoms with Crippen LogP contribution in [0.4, 0.5) is 0 Å². The Labute approximate surface area is 92.2 Å². The van der Waals surface area contributed by atoms with Crippen LogP contribution in [0.3, 0.4) is 0 Å². The number of carbonyl (C=O) groups is 1. The van der Waals surface area contributed by atoms with E-state index in [4.69, 9.17) is 5.73 Å². The SMILES string of the molecule is CCCS(=O)(=O)CCC(=O)C(C)(C)CN. The molecule has 4 nitrogen and oxygen atoms in total. The topological polar surface area (TPSA) is 77.2 Å². The molecule has 90 valence electrons. The van der Waals surface area contributed by atoms with Crippen LogP contribution in [-0.2, 0) is 14.6 Å². The summed E-state index contributed by atoms with van der Waals surface area (Å²) in [5.41, 5.74) is 4.83. The van der Waals surface area contributed by atoms with Crippen molar-refractivity contribution in [2.24, 2.45) is 11.1 Å². The summed E-state index contributed by atoms with van der Waals surface area (Å²) in [6, 6.07) is 0. The second kappa shape index (κ2) is 5.61. The van der Waals surface area contributed by atoms with E-state index >= 15 is 0 Å². The Morgan fingerprint density at radius 1 is 1.27 bits per heavy atom. The van der Waals surface area contributed by atoms with E-state index in [0.717, 1.165) is 0 Å². The number of hydrogen-bond acceptors (Lipinski definition) is 4. The number of rotatable bonds is 7. The standard InChI is InChI=1S/C10H21NO3S/c1-4-6-15(13,14)7-5-9(12)10(2,3)8-11/h4-8,11H2,1-3H3. The summed E-state index contributed by atoms with van der Waals surface area (Å²) in [7, 11) is -3.06. The Balaban J connectivity index is 4.24. The van der Waals surface area contributed by atoms with Gasteiger partial charge in [0.2, 0.25) is 0 Å². The lowest BCUT2D eigenvalue weighted by Gasteiger charge is -2.20. The highest BCUT2D eigenvalue weighted by atomic mass is 32.2. The van der Waals surface area contributed by atoms with Crippen molar-refractivity contribution in [3.63, 3.8) is 0 Å². The van der Waals surface area contributed by atoms with Gasteiger partial charge in [0.1, 0.15) is 5.78 Å². The molecule has 0 rings (SSSR count). The lowest BCUT2D eigenvalue weighted by Crippen LogP contribution is -2.33. The van der Waals surface area contributed by atoms with Crippen LogP contribution in [0.5, 0.6) is 0 Å². The molecule has 0 fully saturated rings. The molecule has 0 spiro atoms. The van der Waals surface area contributed by atoms with Crippen LogP contribution in [0.1, 0.15) is 33.6 Å². The van der Waals surface area contributed by atoms with Crippen LogP contribution in [0.2, 0.25) is 0 Å². The normalized spacial score (nSPS) is 12.8. The van der Waals surface area contributed by atoms with Gasteiger partial charge in [-0.1, -0.05) is 20.8 Å². The van der Waals surface area contributed by atoms with Gasteiger partial charge in [-0.2, -0.15) is 0 Å². The average molecular weight is 235 g/mol. The zero-order valence-electron chi connectivity index (χ0n) is 9.75. The lowest BCUT2D eigenvalue weighted by atomic mass is 9.87. The minimum absolute atomic E-state index is 0.0525. The zero-order chi connectivity index (χ0) is 12.1. The molecule has 5 heteroatoms. The van der Waals surface area contributed by atoms with Crippen LogP contribution in [0, 0.1) is 5.41 Å². The fraction of sp³-hybridized carbons (Fsp3) is 0.900. The Kier molecular flexibility index (Phi) is 5.45. The molecule has 2 N–H and O–H groups in total. The van der Waals surface area contributed by atoms with Gasteiger partial charge in [-0.3, -0.25) is 4.79 Å². The fourth-order valence-corrected chi connectivity index (χ4v) is 2.44. The Hall–Kier alpha value is -0.420. The molecule has 0 unspecified atom stereocenters. The highest BCUT2D eigenvalue weighted by molar-refractivity contribution is 7.91. The summed E-state index contributed by atoms with van der Waals surface area (Å²) in [5.74, 6) is 0.0246. The van der Waals surface area contributed by atoms with E-state index in [2.05, 4.69) is 0 Å². The molecular formula is C10H21NO3S. The van der Waals surface area contributed by atoms with Crippen molar-refractivity contribution in [1.82, 2.24) is 0 Å². The molecule has 0 atom stereocenters. The number of sulfone groups is 1. The van der Waals surface area contributed by atoms with Crippen LogP contribution in [0.25, 0.3) is 0 Å². The molecular weight excluding hydrogens is 214 g/mol. The number of ketones is 1. The third-order valence-corrected chi connectivity index (χ3v) is 4.28. The lowest BCUT2D eigenvalue weighted by molar-refractivity contribution is -0.126. The largest absolute Gasteiger partial charge is 0.329 e. The van der Waals surface area contributed by atoms with Gasteiger partial charge in [0.05, 0.1) is 5.75 Å². The maximum absolute atomic E-state index is 11.6. The average Bonchev–Trinajstić information content (AvgIpc) is 2.14. The van der Waals surface area contributed by atoms with E-state index in [1.165, 1.54) is 0 Å². The maximum Gasteiger partial charge on any atom is 0.150 e. The van der Waals surface area contributed by atoms with Crippen molar-refractivity contribution in [3.05, 3.63) is 0 Å². The highest BCUT2D eigenvalue weighted by Crippen LogP contribution is 2.16. The van der Waals surface area contributed by atoms with Crippen LogP contribution in [-0.4, -0.2) is 32.3 Å². The van der Waals surface area contributed by atoms with Gasteiger partial charge in [-0.05, 0) is 6.42 Å².